The van der Waals surface area contributed by atoms with Gasteiger partial charge < -0.3 is 14.2 Å². The van der Waals surface area contributed by atoms with Gasteiger partial charge >= 0.3 is 5.97 Å². The first kappa shape index (κ1) is 20.6. The summed E-state index contributed by atoms with van der Waals surface area (Å²) >= 11 is 0. The van der Waals surface area contributed by atoms with Gasteiger partial charge in [0.05, 0.1) is 31.4 Å². The molecule has 0 radical (unpaired) electrons. The second-order valence-corrected chi connectivity index (χ2v) is 7.48. The Labute approximate surface area is 159 Å². The summed E-state index contributed by atoms with van der Waals surface area (Å²) in [4.78, 5) is 12.0. The van der Waals surface area contributed by atoms with Gasteiger partial charge in [0.15, 0.2) is 11.5 Å². The third-order valence-electron chi connectivity index (χ3n) is 3.91. The zero-order valence-electron chi connectivity index (χ0n) is 15.8. The molecule has 0 saturated carbocycles. The Kier molecular flexibility index (Phi) is 6.68. The number of hydrogen-bond donors (Lipinski definition) is 0. The van der Waals surface area contributed by atoms with E-state index in [0.29, 0.717) is 17.0 Å². The van der Waals surface area contributed by atoms with Gasteiger partial charge in [-0.2, -0.15) is 0 Å². The molecule has 0 bridgehead atoms. The third kappa shape index (κ3) is 4.51. The van der Waals surface area contributed by atoms with Crippen LogP contribution in [0.4, 0.5) is 5.69 Å². The first-order valence-electron chi connectivity index (χ1n) is 8.31. The molecule has 0 spiro atoms. The fourth-order valence-electron chi connectivity index (χ4n) is 2.57. The largest absolute Gasteiger partial charge is 0.493 e. The van der Waals surface area contributed by atoms with Gasteiger partial charge in [-0.05, 0) is 37.6 Å². The number of nitrogens with zero attached hydrogens (tertiary/aromatic N) is 1. The molecule has 8 heteroatoms. The van der Waals surface area contributed by atoms with E-state index < -0.39 is 22.5 Å². The minimum absolute atomic E-state index is 0.0206. The van der Waals surface area contributed by atoms with Crippen molar-refractivity contribution in [2.45, 2.75) is 18.7 Å². The molecule has 0 aliphatic rings. The Morgan fingerprint density at radius 2 is 1.70 bits per heavy atom. The molecule has 0 heterocycles. The summed E-state index contributed by atoms with van der Waals surface area (Å²) in [6.45, 7) is 3.17. The van der Waals surface area contributed by atoms with Crippen LogP contribution in [0.1, 0.15) is 12.5 Å². The monoisotopic (exact) mass is 393 g/mol. The highest BCUT2D eigenvalue weighted by Crippen LogP contribution is 2.33. The van der Waals surface area contributed by atoms with Crippen LogP contribution in [0.5, 0.6) is 11.5 Å². The second-order valence-electron chi connectivity index (χ2n) is 5.62. The molecule has 0 N–H and O–H groups in total. The van der Waals surface area contributed by atoms with Crippen molar-refractivity contribution in [1.29, 1.82) is 0 Å². The summed E-state index contributed by atoms with van der Waals surface area (Å²) in [6, 6.07) is 11.2. The van der Waals surface area contributed by atoms with Gasteiger partial charge in [0.1, 0.15) is 6.54 Å². The predicted octanol–water partition coefficient (Wildman–Crippen LogP) is 2.77. The molecule has 2 aromatic carbocycles. The molecule has 0 amide bonds. The number of hydrogen-bond acceptors (Lipinski definition) is 6. The number of aryl methyl sites for hydroxylation is 1. The molecule has 2 aromatic rings. The molecule has 0 unspecified atom stereocenters. The lowest BCUT2D eigenvalue weighted by molar-refractivity contribution is -0.141. The topological polar surface area (TPSA) is 82.1 Å². The molecule has 0 aromatic heterocycles. The van der Waals surface area contributed by atoms with Crippen molar-refractivity contribution in [2.24, 2.45) is 0 Å². The number of esters is 1. The number of benzene rings is 2. The second kappa shape index (κ2) is 8.77. The zero-order chi connectivity index (χ0) is 20.0. The van der Waals surface area contributed by atoms with Gasteiger partial charge in [-0.15, -0.1) is 0 Å². The van der Waals surface area contributed by atoms with Crippen LogP contribution in [0.25, 0.3) is 0 Å². The maximum atomic E-state index is 13.3. The molecule has 0 aliphatic carbocycles. The first-order valence-corrected chi connectivity index (χ1v) is 9.75. The van der Waals surface area contributed by atoms with Gasteiger partial charge in [-0.25, -0.2) is 8.42 Å². The van der Waals surface area contributed by atoms with E-state index in [4.69, 9.17) is 14.2 Å². The van der Waals surface area contributed by atoms with Crippen LogP contribution in [-0.4, -0.2) is 41.8 Å². The third-order valence-corrected chi connectivity index (χ3v) is 5.66. The molecular formula is C19H23NO6S. The molecular weight excluding hydrogens is 370 g/mol. The Bertz CT molecular complexity index is 910. The van der Waals surface area contributed by atoms with Crippen LogP contribution in [-0.2, 0) is 19.6 Å². The molecule has 27 heavy (non-hydrogen) atoms. The Balaban J connectivity index is 2.56. The number of rotatable bonds is 8. The number of carbonyl (C=O) groups is 1. The highest BCUT2D eigenvalue weighted by atomic mass is 32.2. The molecule has 146 valence electrons. The van der Waals surface area contributed by atoms with E-state index in [1.165, 1.54) is 32.4 Å². The average molecular weight is 393 g/mol. The lowest BCUT2D eigenvalue weighted by Crippen LogP contribution is -2.37. The number of methoxy groups -OCH3 is 2. The van der Waals surface area contributed by atoms with Crippen LogP contribution >= 0.6 is 0 Å². The van der Waals surface area contributed by atoms with E-state index in [2.05, 4.69) is 0 Å². The quantitative estimate of drug-likeness (QED) is 0.642. The summed E-state index contributed by atoms with van der Waals surface area (Å²) in [6.07, 6.45) is 0. The summed E-state index contributed by atoms with van der Waals surface area (Å²) < 4.78 is 43.0. The highest BCUT2D eigenvalue weighted by Gasteiger charge is 2.29. The Morgan fingerprint density at radius 3 is 2.30 bits per heavy atom. The maximum Gasteiger partial charge on any atom is 0.326 e. The van der Waals surface area contributed by atoms with Crippen LogP contribution in [0.3, 0.4) is 0 Å². The van der Waals surface area contributed by atoms with Gasteiger partial charge in [0, 0.05) is 6.07 Å². The van der Waals surface area contributed by atoms with Crippen molar-refractivity contribution >= 4 is 21.7 Å². The van der Waals surface area contributed by atoms with Crippen molar-refractivity contribution in [1.82, 2.24) is 0 Å². The number of para-hydroxylation sites is 1. The van der Waals surface area contributed by atoms with Gasteiger partial charge in [-0.3, -0.25) is 9.10 Å². The zero-order valence-corrected chi connectivity index (χ0v) is 16.6. The molecule has 0 fully saturated rings. The lowest BCUT2D eigenvalue weighted by atomic mass is 10.2. The minimum Gasteiger partial charge on any atom is -0.493 e. The van der Waals surface area contributed by atoms with E-state index in [1.807, 2.05) is 0 Å². The van der Waals surface area contributed by atoms with Crippen molar-refractivity contribution in [3.8, 4) is 11.5 Å². The molecule has 0 saturated heterocycles. The molecule has 0 atom stereocenters. The average Bonchev–Trinajstić information content (AvgIpc) is 2.66. The predicted molar refractivity (Wildman–Crippen MR) is 102 cm³/mol. The smallest absolute Gasteiger partial charge is 0.326 e. The van der Waals surface area contributed by atoms with Crippen molar-refractivity contribution < 1.29 is 27.4 Å². The fourth-order valence-corrected chi connectivity index (χ4v) is 4.06. The summed E-state index contributed by atoms with van der Waals surface area (Å²) in [5, 5.41) is 0. The minimum atomic E-state index is -4.05. The molecule has 7 nitrogen and oxygen atoms in total. The lowest BCUT2D eigenvalue weighted by Gasteiger charge is -2.25. The van der Waals surface area contributed by atoms with E-state index in [0.717, 1.165) is 4.31 Å². The molecule has 2 rings (SSSR count). The number of carbonyl (C=O) groups excluding carboxylic acids is 1. The summed E-state index contributed by atoms with van der Waals surface area (Å²) in [7, 11) is -1.16. The molecule has 0 aliphatic heterocycles. The SMILES string of the molecule is CCOC(=O)CN(c1ccccc1C)S(=O)(=O)c1ccc(OC)c(OC)c1. The van der Waals surface area contributed by atoms with Gasteiger partial charge in [-0.1, -0.05) is 18.2 Å². The van der Waals surface area contributed by atoms with Gasteiger partial charge in [0.25, 0.3) is 10.0 Å². The normalized spacial score (nSPS) is 11.0. The summed E-state index contributed by atoms with van der Waals surface area (Å²) in [5.74, 6) is 0.0496. The standard InChI is InChI=1S/C19H23NO6S/c1-5-26-19(21)13-20(16-9-7-6-8-14(16)2)27(22,23)15-10-11-17(24-3)18(12-15)25-4/h6-12H,5,13H2,1-4H3. The first-order chi connectivity index (χ1) is 12.8. The summed E-state index contributed by atoms with van der Waals surface area (Å²) in [5.41, 5.74) is 1.12. The van der Waals surface area contributed by atoms with E-state index >= 15 is 0 Å². The fraction of sp³-hybridized carbons (Fsp3) is 0.316. The maximum absolute atomic E-state index is 13.3. The van der Waals surface area contributed by atoms with Crippen LogP contribution in [0, 0.1) is 6.92 Å². The Morgan fingerprint density at radius 1 is 1.04 bits per heavy atom. The van der Waals surface area contributed by atoms with Crippen molar-refractivity contribution in [2.75, 3.05) is 31.7 Å². The number of sulfonamides is 1. The number of ether oxygens (including phenoxy) is 3. The van der Waals surface area contributed by atoms with Crippen LogP contribution < -0.4 is 13.8 Å². The van der Waals surface area contributed by atoms with Crippen LogP contribution in [0.2, 0.25) is 0 Å². The van der Waals surface area contributed by atoms with Gasteiger partial charge in [0.2, 0.25) is 0 Å². The number of anilines is 1. The van der Waals surface area contributed by atoms with Crippen molar-refractivity contribution in [3.63, 3.8) is 0 Å². The van der Waals surface area contributed by atoms with Crippen LogP contribution in [0.15, 0.2) is 47.4 Å². The highest BCUT2D eigenvalue weighted by molar-refractivity contribution is 7.92. The Hall–Kier alpha value is -2.74. The van der Waals surface area contributed by atoms with E-state index in [9.17, 15) is 13.2 Å². The van der Waals surface area contributed by atoms with E-state index in [1.54, 1.807) is 38.1 Å². The van der Waals surface area contributed by atoms with E-state index in [-0.39, 0.29) is 17.3 Å². The van der Waals surface area contributed by atoms with Crippen molar-refractivity contribution in [3.05, 3.63) is 48.0 Å².